The van der Waals surface area contributed by atoms with E-state index in [9.17, 15) is 4.79 Å². The average molecular weight is 523 g/mol. The quantitative estimate of drug-likeness (QED) is 0.300. The van der Waals surface area contributed by atoms with Crippen molar-refractivity contribution in [3.63, 3.8) is 0 Å². The fourth-order valence-electron chi connectivity index (χ4n) is 2.83. The summed E-state index contributed by atoms with van der Waals surface area (Å²) in [5, 5.41) is 8.88. The molecule has 0 aliphatic carbocycles. The van der Waals surface area contributed by atoms with Crippen molar-refractivity contribution in [3.8, 4) is 6.07 Å². The molecule has 0 aromatic rings. The molecule has 0 rings (SSSR count). The number of hydrogen-bond acceptors (Lipinski definition) is 4. The third kappa shape index (κ3) is 16.2. The van der Waals surface area contributed by atoms with E-state index < -0.39 is 10.4 Å². The highest BCUT2D eigenvalue weighted by molar-refractivity contribution is 7.79. The average Bonchev–Trinajstić information content (AvgIpc) is 2.64. The molecule has 0 radical (unpaired) electrons. The smallest absolute Gasteiger partial charge is 0.369 e. The van der Waals surface area contributed by atoms with Crippen molar-refractivity contribution in [2.24, 2.45) is 57.5 Å². The zero-order valence-corrected chi connectivity index (χ0v) is 26.3. The molecule has 0 saturated heterocycles. The van der Waals surface area contributed by atoms with Gasteiger partial charge in [0.1, 0.15) is 0 Å². The predicted octanol–water partition coefficient (Wildman–Crippen LogP) is 7.29. The number of nitrogens with zero attached hydrogens (tertiary/aromatic N) is 1. The second-order valence-corrected chi connectivity index (χ2v) is 13.1. The van der Waals surface area contributed by atoms with Crippen molar-refractivity contribution < 1.29 is 22.3 Å². The summed E-state index contributed by atoms with van der Waals surface area (Å²) in [7, 11) is -4.67. The van der Waals surface area contributed by atoms with Crippen molar-refractivity contribution in [3.05, 3.63) is 0 Å². The van der Waals surface area contributed by atoms with Crippen LogP contribution in [0, 0.1) is 63.1 Å². The van der Waals surface area contributed by atoms with Gasteiger partial charge in [-0.15, -0.1) is 0 Å². The number of primary amides is 1. The molecular weight excluding hydrogens is 464 g/mol. The highest BCUT2D eigenvalue weighted by atomic mass is 32.3. The standard InChI is InChI=1S/C9H19NO.C9H17N.C9H20.H2O4S/c1-6(2)9(5,7(3)4)8(10)11;1-7(2)9(5,6-10)8(3)4;1-7(2)9(5,6)8(3)4;1-5(2,3)4/h6-7H,1-5H3,(H2,10,11);7-8H,1-5H3;7-8H,1-6H3;(H2,1,2,3,4). The summed E-state index contributed by atoms with van der Waals surface area (Å²) in [5.41, 5.74) is 5.32. The summed E-state index contributed by atoms with van der Waals surface area (Å²) in [6.07, 6.45) is 0. The second kappa shape index (κ2) is 16.6. The van der Waals surface area contributed by atoms with Gasteiger partial charge in [-0.1, -0.05) is 104 Å². The van der Waals surface area contributed by atoms with E-state index in [0.717, 1.165) is 11.8 Å². The lowest BCUT2D eigenvalue weighted by molar-refractivity contribution is -0.131. The summed E-state index contributed by atoms with van der Waals surface area (Å²) < 4.78 is 31.6. The zero-order chi connectivity index (χ0) is 29.7. The van der Waals surface area contributed by atoms with Crippen LogP contribution in [0.5, 0.6) is 0 Å². The lowest BCUT2D eigenvalue weighted by atomic mass is 9.70. The molecule has 0 aromatic carbocycles. The lowest BCUT2D eigenvalue weighted by Crippen LogP contribution is -2.42. The Morgan fingerprint density at radius 1 is 0.686 bits per heavy atom. The SMILES string of the molecule is CC(C)C(C)(C#N)C(C)C.CC(C)C(C)(C(N)=O)C(C)C.CC(C)C(C)(C)C(C)C.O=S(=O)(O)O. The van der Waals surface area contributed by atoms with Crippen LogP contribution in [0.1, 0.15) is 111 Å². The van der Waals surface area contributed by atoms with Crippen molar-refractivity contribution in [2.75, 3.05) is 0 Å². The van der Waals surface area contributed by atoms with Crippen LogP contribution in [0.2, 0.25) is 0 Å². The van der Waals surface area contributed by atoms with Crippen molar-refractivity contribution >= 4 is 16.3 Å². The molecule has 0 aliphatic heterocycles. The van der Waals surface area contributed by atoms with E-state index in [1.165, 1.54) is 0 Å². The number of carbonyl (C=O) groups is 1. The molecule has 212 valence electrons. The molecule has 1 amide bonds. The van der Waals surface area contributed by atoms with Gasteiger partial charge < -0.3 is 5.73 Å². The first-order valence-electron chi connectivity index (χ1n) is 12.6. The Morgan fingerprint density at radius 3 is 0.914 bits per heavy atom. The van der Waals surface area contributed by atoms with Gasteiger partial charge in [-0.25, -0.2) is 0 Å². The van der Waals surface area contributed by atoms with Crippen LogP contribution in [0.4, 0.5) is 0 Å². The molecule has 0 aliphatic rings. The monoisotopic (exact) mass is 522 g/mol. The van der Waals surface area contributed by atoms with Gasteiger partial charge >= 0.3 is 10.4 Å². The van der Waals surface area contributed by atoms with Crippen LogP contribution in [0.3, 0.4) is 0 Å². The summed E-state index contributed by atoms with van der Waals surface area (Å²) in [4.78, 5) is 11.1. The Morgan fingerprint density at radius 2 is 0.914 bits per heavy atom. The van der Waals surface area contributed by atoms with E-state index in [1.54, 1.807) is 0 Å². The number of nitrogens with two attached hydrogens (primary N) is 1. The van der Waals surface area contributed by atoms with Gasteiger partial charge in [-0.2, -0.15) is 13.7 Å². The van der Waals surface area contributed by atoms with Crippen LogP contribution in [-0.2, 0) is 15.2 Å². The van der Waals surface area contributed by atoms with Gasteiger partial charge in [0.2, 0.25) is 5.91 Å². The molecule has 0 heterocycles. The van der Waals surface area contributed by atoms with Crippen LogP contribution in [-0.4, -0.2) is 23.4 Å². The molecule has 0 atom stereocenters. The number of nitriles is 1. The first-order valence-corrected chi connectivity index (χ1v) is 14.0. The first kappa shape index (κ1) is 41.0. The second-order valence-electron chi connectivity index (χ2n) is 12.2. The number of carbonyl (C=O) groups excluding carboxylic acids is 1. The number of hydrogen-bond donors (Lipinski definition) is 3. The predicted molar refractivity (Wildman–Crippen MR) is 148 cm³/mol. The minimum Gasteiger partial charge on any atom is -0.369 e. The molecule has 0 unspecified atom stereocenters. The van der Waals surface area contributed by atoms with E-state index in [2.05, 4.69) is 75.3 Å². The number of amides is 1. The molecule has 0 fully saturated rings. The third-order valence-electron chi connectivity index (χ3n) is 8.55. The van der Waals surface area contributed by atoms with E-state index in [1.807, 2.05) is 41.5 Å². The van der Waals surface area contributed by atoms with Gasteiger partial charge in [0.05, 0.1) is 16.9 Å². The van der Waals surface area contributed by atoms with Crippen molar-refractivity contribution in [2.45, 2.75) is 111 Å². The molecule has 35 heavy (non-hydrogen) atoms. The van der Waals surface area contributed by atoms with Gasteiger partial charge in [-0.3, -0.25) is 13.9 Å². The summed E-state index contributed by atoms with van der Waals surface area (Å²) in [6, 6.07) is 2.38. The maximum absolute atomic E-state index is 11.1. The summed E-state index contributed by atoms with van der Waals surface area (Å²) in [5.74, 6) is 2.88. The Labute approximate surface area is 218 Å². The van der Waals surface area contributed by atoms with Gasteiger partial charge in [0.15, 0.2) is 0 Å². The third-order valence-corrected chi connectivity index (χ3v) is 8.55. The fourth-order valence-corrected chi connectivity index (χ4v) is 2.83. The van der Waals surface area contributed by atoms with Crippen LogP contribution in [0.15, 0.2) is 0 Å². The maximum Gasteiger partial charge on any atom is 0.394 e. The maximum atomic E-state index is 11.1. The zero-order valence-electron chi connectivity index (χ0n) is 25.5. The molecule has 0 bridgehead atoms. The van der Waals surface area contributed by atoms with Crippen molar-refractivity contribution in [1.82, 2.24) is 0 Å². The fraction of sp³-hybridized carbons (Fsp3) is 0.926. The van der Waals surface area contributed by atoms with Gasteiger partial charge in [0.25, 0.3) is 0 Å². The van der Waals surface area contributed by atoms with Gasteiger partial charge in [-0.05, 0) is 47.8 Å². The summed E-state index contributed by atoms with van der Waals surface area (Å²) in [6.45, 7) is 34.3. The summed E-state index contributed by atoms with van der Waals surface area (Å²) >= 11 is 0. The molecule has 0 aromatic heterocycles. The molecule has 8 heteroatoms. The Kier molecular flexibility index (Phi) is 19.4. The topological polar surface area (TPSA) is 141 Å². The Hall–Kier alpha value is -1.17. The minimum absolute atomic E-state index is 0.153. The van der Waals surface area contributed by atoms with E-state index in [-0.39, 0.29) is 16.7 Å². The molecule has 0 saturated carbocycles. The van der Waals surface area contributed by atoms with Crippen LogP contribution in [0.25, 0.3) is 0 Å². The van der Waals surface area contributed by atoms with E-state index >= 15 is 0 Å². The van der Waals surface area contributed by atoms with Crippen LogP contribution >= 0.6 is 0 Å². The van der Waals surface area contributed by atoms with Crippen molar-refractivity contribution in [1.29, 1.82) is 5.26 Å². The first-order chi connectivity index (χ1) is 15.2. The highest BCUT2D eigenvalue weighted by Gasteiger charge is 2.37. The Bertz CT molecular complexity index is 697. The molecular formula is C27H58N2O5S. The highest BCUT2D eigenvalue weighted by Crippen LogP contribution is 2.35. The van der Waals surface area contributed by atoms with Gasteiger partial charge in [0, 0.05) is 0 Å². The lowest BCUT2D eigenvalue weighted by Gasteiger charge is -2.34. The molecule has 0 spiro atoms. The van der Waals surface area contributed by atoms with Crippen LogP contribution < -0.4 is 5.73 Å². The van der Waals surface area contributed by atoms with E-state index in [4.69, 9.17) is 28.5 Å². The Balaban J connectivity index is -0.000000189. The largest absolute Gasteiger partial charge is 0.394 e. The normalized spacial score (nSPS) is 12.5. The van der Waals surface area contributed by atoms with E-state index in [0.29, 0.717) is 29.1 Å². The molecule has 4 N–H and O–H groups in total. The molecule has 7 nitrogen and oxygen atoms in total. The number of rotatable bonds is 7. The minimum atomic E-state index is -4.67.